The molecule has 1 N–H and O–H groups in total. The first kappa shape index (κ1) is 15.0. The minimum atomic E-state index is -3.25. The van der Waals surface area contributed by atoms with Gasteiger partial charge >= 0.3 is 0 Å². The molecule has 18 heavy (non-hydrogen) atoms. The molecular weight excluding hydrogens is 248 g/mol. The zero-order valence-corrected chi connectivity index (χ0v) is 12.1. The quantitative estimate of drug-likeness (QED) is 0.774. The lowest BCUT2D eigenvalue weighted by molar-refractivity contribution is 0.580. The topological polar surface area (TPSA) is 49.4 Å². The Bertz CT molecular complexity index is 472. The monoisotopic (exact) mass is 270 g/mol. The summed E-state index contributed by atoms with van der Waals surface area (Å²) in [5.74, 6) is 0. The van der Waals surface area contributed by atoms with E-state index in [1.165, 1.54) is 11.8 Å². The van der Waals surface area contributed by atoms with Gasteiger partial charge in [0.15, 0.2) is 0 Å². The summed E-state index contributed by atoms with van der Waals surface area (Å²) < 4.78 is 22.8. The molecule has 0 amide bonds. The predicted molar refractivity (Wildman–Crippen MR) is 76.1 cm³/mol. The fourth-order valence-electron chi connectivity index (χ4n) is 1.89. The fraction of sp³-hybridized carbons (Fsp3) is 0.538. The van der Waals surface area contributed by atoms with E-state index in [9.17, 15) is 8.42 Å². The lowest BCUT2D eigenvalue weighted by Gasteiger charge is -2.26. The van der Waals surface area contributed by atoms with Gasteiger partial charge in [-0.3, -0.25) is 5.01 Å². The molecule has 4 nitrogen and oxygen atoms in total. The van der Waals surface area contributed by atoms with E-state index >= 15 is 0 Å². The molecule has 1 aromatic rings. The van der Waals surface area contributed by atoms with E-state index < -0.39 is 10.0 Å². The van der Waals surface area contributed by atoms with Crippen molar-refractivity contribution in [1.29, 1.82) is 0 Å². The van der Waals surface area contributed by atoms with Crippen molar-refractivity contribution in [3.63, 3.8) is 0 Å². The van der Waals surface area contributed by atoms with Crippen LogP contribution < -0.4 is 9.84 Å². The Hall–Kier alpha value is -1.07. The highest BCUT2D eigenvalue weighted by Gasteiger charge is 2.13. The van der Waals surface area contributed by atoms with Gasteiger partial charge in [0.05, 0.1) is 11.9 Å². The number of nitrogens with zero attached hydrogens (tertiary/aromatic N) is 1. The van der Waals surface area contributed by atoms with Gasteiger partial charge in [-0.1, -0.05) is 38.5 Å². The van der Waals surface area contributed by atoms with Crippen LogP contribution in [0.3, 0.4) is 0 Å². The van der Waals surface area contributed by atoms with Gasteiger partial charge in [0.1, 0.15) is 0 Å². The molecule has 0 aliphatic carbocycles. The smallest absolute Gasteiger partial charge is 0.225 e. The van der Waals surface area contributed by atoms with Crippen molar-refractivity contribution in [1.82, 2.24) is 4.83 Å². The van der Waals surface area contributed by atoms with Crippen LogP contribution in [0.5, 0.6) is 0 Å². The highest BCUT2D eigenvalue weighted by Crippen LogP contribution is 2.21. The molecule has 0 atom stereocenters. The molecule has 0 spiro atoms. The van der Waals surface area contributed by atoms with Gasteiger partial charge in [-0.2, -0.15) is 0 Å². The zero-order valence-electron chi connectivity index (χ0n) is 11.3. The summed E-state index contributed by atoms with van der Waals surface area (Å²) in [6.45, 7) is 4.80. The molecule has 5 heteroatoms. The molecule has 0 heterocycles. The van der Waals surface area contributed by atoms with Crippen LogP contribution in [0.2, 0.25) is 0 Å². The maximum absolute atomic E-state index is 11.4. The van der Waals surface area contributed by atoms with Crippen LogP contribution in [0.15, 0.2) is 24.3 Å². The molecule has 0 bridgehead atoms. The van der Waals surface area contributed by atoms with Gasteiger partial charge < -0.3 is 0 Å². The summed E-state index contributed by atoms with van der Waals surface area (Å²) >= 11 is 0. The van der Waals surface area contributed by atoms with Gasteiger partial charge in [0.25, 0.3) is 0 Å². The average molecular weight is 270 g/mol. The largest absolute Gasteiger partial charge is 0.295 e. The summed E-state index contributed by atoms with van der Waals surface area (Å²) in [7, 11) is -3.25. The first-order valence-electron chi connectivity index (χ1n) is 6.30. The van der Waals surface area contributed by atoms with Crippen molar-refractivity contribution < 1.29 is 8.42 Å². The minimum absolute atomic E-state index is 0.661. The van der Waals surface area contributed by atoms with Crippen LogP contribution in [0.1, 0.15) is 32.3 Å². The number of aryl methyl sites for hydroxylation is 1. The van der Waals surface area contributed by atoms with Crippen LogP contribution in [0.4, 0.5) is 5.69 Å². The number of hydrogen-bond acceptors (Lipinski definition) is 3. The first-order valence-corrected chi connectivity index (χ1v) is 8.20. The van der Waals surface area contributed by atoms with Crippen LogP contribution >= 0.6 is 0 Å². The third kappa shape index (κ3) is 4.66. The van der Waals surface area contributed by atoms with E-state index in [0.717, 1.165) is 24.9 Å². The summed E-state index contributed by atoms with van der Waals surface area (Å²) in [6.07, 6.45) is 4.04. The number of hydrazine groups is 1. The normalized spacial score (nSPS) is 11.5. The predicted octanol–water partition coefficient (Wildman–Crippen LogP) is 2.32. The van der Waals surface area contributed by atoms with Crippen LogP contribution in [0, 0.1) is 0 Å². The van der Waals surface area contributed by atoms with Crippen LogP contribution in [-0.2, 0) is 16.4 Å². The Labute approximate surface area is 110 Å². The Morgan fingerprint density at radius 3 is 2.39 bits per heavy atom. The highest BCUT2D eigenvalue weighted by atomic mass is 32.2. The van der Waals surface area contributed by atoms with Crippen molar-refractivity contribution in [2.75, 3.05) is 17.8 Å². The zero-order chi connectivity index (χ0) is 13.6. The number of nitrogens with one attached hydrogen (secondary N) is 1. The standard InChI is InChI=1S/C13H22N2O2S/c1-4-8-12-9-6-7-10-13(12)15(11-5-2)14-18(3,16)17/h6-7,9-10,14H,4-5,8,11H2,1-3H3. The molecule has 1 aromatic carbocycles. The molecule has 102 valence electrons. The minimum Gasteiger partial charge on any atom is -0.295 e. The number of para-hydroxylation sites is 1. The third-order valence-corrected chi connectivity index (χ3v) is 3.08. The van der Waals surface area contributed by atoms with E-state index in [4.69, 9.17) is 0 Å². The van der Waals surface area contributed by atoms with Gasteiger partial charge in [0.2, 0.25) is 10.0 Å². The van der Waals surface area contributed by atoms with Crippen molar-refractivity contribution in [2.24, 2.45) is 0 Å². The maximum atomic E-state index is 11.4. The molecule has 0 saturated heterocycles. The van der Waals surface area contributed by atoms with Gasteiger partial charge in [-0.25, -0.2) is 8.42 Å². The second-order valence-electron chi connectivity index (χ2n) is 4.39. The summed E-state index contributed by atoms with van der Waals surface area (Å²) in [5.41, 5.74) is 2.12. The number of benzene rings is 1. The maximum Gasteiger partial charge on any atom is 0.225 e. The summed E-state index contributed by atoms with van der Waals surface area (Å²) in [5, 5.41) is 1.72. The molecule has 0 aromatic heterocycles. The molecule has 1 rings (SSSR count). The van der Waals surface area contributed by atoms with Gasteiger partial charge in [-0.05, 0) is 24.5 Å². The van der Waals surface area contributed by atoms with Gasteiger partial charge in [-0.15, -0.1) is 4.83 Å². The van der Waals surface area contributed by atoms with E-state index in [-0.39, 0.29) is 0 Å². The third-order valence-electron chi connectivity index (χ3n) is 2.52. The lowest BCUT2D eigenvalue weighted by atomic mass is 10.1. The second-order valence-corrected chi connectivity index (χ2v) is 6.12. The highest BCUT2D eigenvalue weighted by molar-refractivity contribution is 7.88. The molecule has 0 saturated carbocycles. The Kier molecular flexibility index (Phi) is 5.62. The SMILES string of the molecule is CCCc1ccccc1N(CCC)NS(C)(=O)=O. The molecule has 0 aliphatic rings. The van der Waals surface area contributed by atoms with E-state index in [1.807, 2.05) is 31.2 Å². The molecular formula is C13H22N2O2S. The molecule has 0 fully saturated rings. The fourth-order valence-corrected chi connectivity index (χ4v) is 2.48. The second kappa shape index (κ2) is 6.75. The Morgan fingerprint density at radius 2 is 1.83 bits per heavy atom. The average Bonchev–Trinajstić information content (AvgIpc) is 2.28. The van der Waals surface area contributed by atoms with E-state index in [1.54, 1.807) is 5.01 Å². The Balaban J connectivity index is 3.04. The van der Waals surface area contributed by atoms with Crippen molar-refractivity contribution in [3.8, 4) is 0 Å². The van der Waals surface area contributed by atoms with Gasteiger partial charge in [0, 0.05) is 6.54 Å². The van der Waals surface area contributed by atoms with Crippen molar-refractivity contribution in [3.05, 3.63) is 29.8 Å². The summed E-state index contributed by atoms with van der Waals surface area (Å²) in [6, 6.07) is 7.92. The number of rotatable bonds is 7. The Morgan fingerprint density at radius 1 is 1.17 bits per heavy atom. The van der Waals surface area contributed by atoms with E-state index in [0.29, 0.717) is 6.54 Å². The number of sulfonamides is 1. The molecule has 0 aliphatic heterocycles. The van der Waals surface area contributed by atoms with Crippen molar-refractivity contribution in [2.45, 2.75) is 33.1 Å². The van der Waals surface area contributed by atoms with Crippen LogP contribution in [-0.4, -0.2) is 21.2 Å². The first-order chi connectivity index (χ1) is 8.48. The molecule has 0 radical (unpaired) electrons. The molecule has 0 unspecified atom stereocenters. The van der Waals surface area contributed by atoms with Crippen molar-refractivity contribution >= 4 is 15.7 Å². The summed E-state index contributed by atoms with van der Waals surface area (Å²) in [4.78, 5) is 2.58. The lowest BCUT2D eigenvalue weighted by Crippen LogP contribution is -2.42. The van der Waals surface area contributed by atoms with E-state index in [2.05, 4.69) is 11.8 Å². The number of anilines is 1. The van der Waals surface area contributed by atoms with Crippen LogP contribution in [0.25, 0.3) is 0 Å². The number of hydrogen-bond donors (Lipinski definition) is 1.